The van der Waals surface area contributed by atoms with Crippen LogP contribution in [0, 0.1) is 0 Å². The number of aromatic nitrogens is 5. The van der Waals surface area contributed by atoms with E-state index in [0.717, 1.165) is 35.9 Å². The quantitative estimate of drug-likeness (QED) is 0.319. The van der Waals surface area contributed by atoms with Crippen molar-refractivity contribution in [1.29, 1.82) is 0 Å². The average molecular weight is 654 g/mol. The SMILES string of the molecule is COc1cccc2c1OCCCn1cc(nn1)CCN(Cc1cnc(N3CCCC3)nc1)CCNC(=O)[C@H](Cc1ccccc1)NC2=O. The minimum absolute atomic E-state index is 0.267. The van der Waals surface area contributed by atoms with E-state index in [2.05, 4.69) is 40.7 Å². The maximum Gasteiger partial charge on any atom is 0.255 e. The average Bonchev–Trinajstić information content (AvgIpc) is 3.82. The normalized spacial score (nSPS) is 18.4. The molecule has 4 aromatic rings. The lowest BCUT2D eigenvalue weighted by Gasteiger charge is -2.24. The van der Waals surface area contributed by atoms with Gasteiger partial charge in [-0.15, -0.1) is 5.10 Å². The number of rotatable bonds is 6. The molecular formula is C35H43N9O4. The highest BCUT2D eigenvalue weighted by molar-refractivity contribution is 6.00. The van der Waals surface area contributed by atoms with Gasteiger partial charge in [0.1, 0.15) is 6.04 Å². The largest absolute Gasteiger partial charge is 0.493 e. The predicted molar refractivity (Wildman–Crippen MR) is 180 cm³/mol. The Kier molecular flexibility index (Phi) is 11.1. The topological polar surface area (TPSA) is 140 Å². The first kappa shape index (κ1) is 32.9. The fourth-order valence-corrected chi connectivity index (χ4v) is 6.03. The molecule has 4 heterocycles. The molecule has 0 radical (unpaired) electrons. The molecule has 6 rings (SSSR count). The maximum atomic E-state index is 13.7. The molecule has 48 heavy (non-hydrogen) atoms. The van der Waals surface area contributed by atoms with Crippen molar-refractivity contribution in [1.82, 2.24) is 40.5 Å². The van der Waals surface area contributed by atoms with Crippen molar-refractivity contribution in [2.45, 2.75) is 51.2 Å². The van der Waals surface area contributed by atoms with Crippen molar-refractivity contribution in [3.05, 3.63) is 89.5 Å². The first-order valence-electron chi connectivity index (χ1n) is 16.7. The second-order valence-electron chi connectivity index (χ2n) is 12.1. The third-order valence-corrected chi connectivity index (χ3v) is 8.61. The molecule has 2 aliphatic heterocycles. The Balaban J connectivity index is 1.21. The summed E-state index contributed by atoms with van der Waals surface area (Å²) in [6, 6.07) is 14.0. The van der Waals surface area contributed by atoms with Gasteiger partial charge in [0, 0.05) is 89.2 Å². The van der Waals surface area contributed by atoms with Gasteiger partial charge in [-0.1, -0.05) is 41.6 Å². The van der Waals surface area contributed by atoms with Crippen molar-refractivity contribution < 1.29 is 19.1 Å². The zero-order chi connectivity index (χ0) is 33.1. The molecular weight excluding hydrogens is 610 g/mol. The molecule has 2 N–H and O–H groups in total. The molecule has 0 saturated carbocycles. The van der Waals surface area contributed by atoms with E-state index in [1.54, 1.807) is 18.2 Å². The van der Waals surface area contributed by atoms with E-state index in [1.807, 2.05) is 53.6 Å². The number of nitrogens with zero attached hydrogens (tertiary/aromatic N) is 7. The van der Waals surface area contributed by atoms with Crippen LogP contribution < -0.4 is 25.0 Å². The van der Waals surface area contributed by atoms with Crippen LogP contribution in [-0.2, 0) is 30.7 Å². The molecule has 1 saturated heterocycles. The third-order valence-electron chi connectivity index (χ3n) is 8.61. The van der Waals surface area contributed by atoms with Crippen LogP contribution in [0.2, 0.25) is 0 Å². The number of benzene rings is 2. The number of anilines is 1. The Morgan fingerprint density at radius 3 is 2.52 bits per heavy atom. The minimum atomic E-state index is -0.810. The van der Waals surface area contributed by atoms with Crippen LogP contribution >= 0.6 is 0 Å². The summed E-state index contributed by atoms with van der Waals surface area (Å²) in [6.07, 6.45) is 9.74. The number of carbonyl (C=O) groups is 2. The van der Waals surface area contributed by atoms with Crippen molar-refractivity contribution in [3.63, 3.8) is 0 Å². The van der Waals surface area contributed by atoms with E-state index in [0.29, 0.717) is 75.7 Å². The highest BCUT2D eigenvalue weighted by Crippen LogP contribution is 2.31. The Morgan fingerprint density at radius 1 is 0.917 bits per heavy atom. The van der Waals surface area contributed by atoms with Gasteiger partial charge in [-0.2, -0.15) is 0 Å². The molecule has 2 bridgehead atoms. The molecule has 1 fully saturated rings. The standard InChI is InChI=1S/C35H43N9O4/c1-47-31-12-7-11-29-32(31)48-20-8-17-44-25-28(40-41-44)13-18-42(24-27-22-37-35(38-23-27)43-15-5-6-16-43)19-14-36-34(46)30(39-33(29)45)21-26-9-3-2-4-10-26/h2-4,7,9-12,22-23,25,30H,5-6,8,13-21,24H2,1H3,(H,36,46)(H,39,45)/t30-/m0/s1. The van der Waals surface area contributed by atoms with E-state index in [-0.39, 0.29) is 5.91 Å². The second kappa shape index (κ2) is 16.2. The van der Waals surface area contributed by atoms with Crippen molar-refractivity contribution in [2.24, 2.45) is 0 Å². The Hall–Kier alpha value is -5.04. The van der Waals surface area contributed by atoms with Gasteiger partial charge >= 0.3 is 0 Å². The minimum Gasteiger partial charge on any atom is -0.493 e. The number of hydrogen-bond acceptors (Lipinski definition) is 10. The van der Waals surface area contributed by atoms with E-state index in [1.165, 1.54) is 20.0 Å². The van der Waals surface area contributed by atoms with E-state index >= 15 is 0 Å². The van der Waals surface area contributed by atoms with Crippen molar-refractivity contribution in [2.75, 3.05) is 51.3 Å². The summed E-state index contributed by atoms with van der Waals surface area (Å²) in [4.78, 5) is 41.2. The summed E-state index contributed by atoms with van der Waals surface area (Å²) >= 11 is 0. The molecule has 252 valence electrons. The first-order chi connectivity index (χ1) is 23.6. The molecule has 13 nitrogen and oxygen atoms in total. The smallest absolute Gasteiger partial charge is 0.255 e. The summed E-state index contributed by atoms with van der Waals surface area (Å²) in [5.74, 6) is 0.863. The number of aryl methyl sites for hydroxylation is 1. The number of amides is 2. The lowest BCUT2D eigenvalue weighted by molar-refractivity contribution is -0.123. The molecule has 2 amide bonds. The lowest BCUT2D eigenvalue weighted by Crippen LogP contribution is -2.49. The number of ether oxygens (including phenoxy) is 2. The van der Waals surface area contributed by atoms with Crippen molar-refractivity contribution >= 4 is 17.8 Å². The van der Waals surface area contributed by atoms with Gasteiger partial charge in [-0.25, -0.2) is 9.97 Å². The molecule has 2 aliphatic rings. The zero-order valence-electron chi connectivity index (χ0n) is 27.4. The van der Waals surface area contributed by atoms with Crippen LogP contribution in [0.4, 0.5) is 5.95 Å². The van der Waals surface area contributed by atoms with Gasteiger partial charge in [0.2, 0.25) is 11.9 Å². The van der Waals surface area contributed by atoms with E-state index in [4.69, 9.17) is 9.47 Å². The first-order valence-corrected chi connectivity index (χ1v) is 16.7. The van der Waals surface area contributed by atoms with Gasteiger partial charge < -0.3 is 25.0 Å². The van der Waals surface area contributed by atoms with E-state index < -0.39 is 11.9 Å². The number of nitrogens with one attached hydrogen (secondary N) is 2. The molecule has 0 spiro atoms. The number of fused-ring (bicyclic) bond motifs is 3. The van der Waals surface area contributed by atoms with Gasteiger partial charge in [-0.3, -0.25) is 19.2 Å². The lowest BCUT2D eigenvalue weighted by atomic mass is 10.0. The Morgan fingerprint density at radius 2 is 1.73 bits per heavy atom. The number of methoxy groups -OCH3 is 1. The highest BCUT2D eigenvalue weighted by atomic mass is 16.5. The number of para-hydroxylation sites is 1. The van der Waals surface area contributed by atoms with Crippen LogP contribution in [0.25, 0.3) is 0 Å². The molecule has 1 atom stereocenters. The number of carbonyl (C=O) groups excluding carboxylic acids is 2. The summed E-state index contributed by atoms with van der Waals surface area (Å²) < 4.78 is 13.5. The Bertz CT molecular complexity index is 1640. The zero-order valence-corrected chi connectivity index (χ0v) is 27.4. The fourth-order valence-electron chi connectivity index (χ4n) is 6.03. The van der Waals surface area contributed by atoms with E-state index in [9.17, 15) is 9.59 Å². The number of hydrogen-bond donors (Lipinski definition) is 2. The monoisotopic (exact) mass is 653 g/mol. The summed E-state index contributed by atoms with van der Waals surface area (Å²) in [7, 11) is 1.54. The Labute approximate surface area is 280 Å². The van der Waals surface area contributed by atoms with Crippen LogP contribution in [0.5, 0.6) is 11.5 Å². The molecule has 0 aliphatic carbocycles. The van der Waals surface area contributed by atoms with Crippen molar-refractivity contribution in [3.8, 4) is 11.5 Å². The van der Waals surface area contributed by atoms with Crippen LogP contribution in [0.1, 0.15) is 46.4 Å². The van der Waals surface area contributed by atoms with Crippen LogP contribution in [-0.4, -0.2) is 94.2 Å². The molecule has 2 aromatic heterocycles. The van der Waals surface area contributed by atoms with Gasteiger partial charge in [-0.05, 0) is 30.5 Å². The molecule has 13 heteroatoms. The van der Waals surface area contributed by atoms with Gasteiger partial charge in [0.25, 0.3) is 5.91 Å². The van der Waals surface area contributed by atoms with Gasteiger partial charge in [0.15, 0.2) is 11.5 Å². The second-order valence-corrected chi connectivity index (χ2v) is 12.1. The molecule has 0 unspecified atom stereocenters. The third kappa shape index (κ3) is 8.65. The summed E-state index contributed by atoms with van der Waals surface area (Å²) in [5, 5.41) is 14.8. The predicted octanol–water partition coefficient (Wildman–Crippen LogP) is 2.66. The summed E-state index contributed by atoms with van der Waals surface area (Å²) in [6.45, 7) is 5.19. The fraction of sp³-hybridized carbons (Fsp3) is 0.429. The van der Waals surface area contributed by atoms with Gasteiger partial charge in [0.05, 0.1) is 25.0 Å². The van der Waals surface area contributed by atoms with Crippen LogP contribution in [0.15, 0.2) is 67.1 Å². The van der Waals surface area contributed by atoms with Crippen LogP contribution in [0.3, 0.4) is 0 Å². The maximum absolute atomic E-state index is 13.7. The highest BCUT2D eigenvalue weighted by Gasteiger charge is 2.25. The molecule has 2 aromatic carbocycles. The summed E-state index contributed by atoms with van der Waals surface area (Å²) in [5.41, 5.74) is 3.11.